The van der Waals surface area contributed by atoms with Crippen LogP contribution in [0.2, 0.25) is 5.02 Å². The molecule has 9 nitrogen and oxygen atoms in total. The number of fused-ring (bicyclic) bond motifs is 2. The van der Waals surface area contributed by atoms with Crippen molar-refractivity contribution in [3.8, 4) is 11.3 Å². The summed E-state index contributed by atoms with van der Waals surface area (Å²) in [6.45, 7) is 0.273. The van der Waals surface area contributed by atoms with Crippen LogP contribution in [0.25, 0.3) is 16.9 Å². The van der Waals surface area contributed by atoms with Gasteiger partial charge in [-0.25, -0.2) is 14.3 Å². The number of aromatic amines is 1. The summed E-state index contributed by atoms with van der Waals surface area (Å²) < 4.78 is 5.86. The molecule has 4 rings (SSSR count). The van der Waals surface area contributed by atoms with E-state index in [0.717, 1.165) is 5.56 Å². The first-order chi connectivity index (χ1) is 14.0. The molecule has 0 unspecified atom stereocenters. The number of aromatic nitrogens is 3. The summed E-state index contributed by atoms with van der Waals surface area (Å²) >= 11 is 6.26. The first-order valence-corrected chi connectivity index (χ1v) is 9.33. The van der Waals surface area contributed by atoms with E-state index >= 15 is 0 Å². The average Bonchev–Trinajstić information content (AvgIpc) is 3.16. The van der Waals surface area contributed by atoms with Gasteiger partial charge >= 0.3 is 12.0 Å². The van der Waals surface area contributed by atoms with Crippen molar-refractivity contribution in [2.75, 3.05) is 20.2 Å². The number of carbonyl (C=O) groups excluding carboxylic acids is 2. The highest BCUT2D eigenvalue weighted by atomic mass is 35.5. The Bertz CT molecular complexity index is 1170. The lowest BCUT2D eigenvalue weighted by molar-refractivity contribution is -0.139. The molecule has 1 aliphatic rings. The van der Waals surface area contributed by atoms with Crippen molar-refractivity contribution in [3.63, 3.8) is 0 Å². The molecule has 1 aromatic carbocycles. The zero-order chi connectivity index (χ0) is 20.5. The number of benzene rings is 1. The van der Waals surface area contributed by atoms with Gasteiger partial charge in [-0.3, -0.25) is 14.7 Å². The van der Waals surface area contributed by atoms with Gasteiger partial charge in [0.2, 0.25) is 0 Å². The van der Waals surface area contributed by atoms with E-state index in [-0.39, 0.29) is 18.6 Å². The zero-order valence-corrected chi connectivity index (χ0v) is 16.3. The van der Waals surface area contributed by atoms with Gasteiger partial charge in [-0.1, -0.05) is 29.8 Å². The molecule has 29 heavy (non-hydrogen) atoms. The van der Waals surface area contributed by atoms with Crippen LogP contribution in [0.4, 0.5) is 4.79 Å². The predicted molar refractivity (Wildman–Crippen MR) is 106 cm³/mol. The third-order valence-electron chi connectivity index (χ3n) is 4.82. The van der Waals surface area contributed by atoms with Crippen molar-refractivity contribution in [2.45, 2.75) is 13.0 Å². The normalized spacial score (nSPS) is 13.2. The monoisotopic (exact) mass is 415 g/mol. The first-order valence-electron chi connectivity index (χ1n) is 8.96. The van der Waals surface area contributed by atoms with Crippen LogP contribution < -0.4 is 10.9 Å². The summed E-state index contributed by atoms with van der Waals surface area (Å²) in [5, 5.41) is 6.08. The van der Waals surface area contributed by atoms with Gasteiger partial charge in [0.1, 0.15) is 6.54 Å². The molecule has 3 aromatic rings. The number of hydrogen-bond donors (Lipinski definition) is 2. The minimum absolute atomic E-state index is 0.109. The van der Waals surface area contributed by atoms with E-state index in [0.29, 0.717) is 40.6 Å². The number of amides is 2. The second-order valence-electron chi connectivity index (χ2n) is 6.59. The Morgan fingerprint density at radius 2 is 2.14 bits per heavy atom. The Morgan fingerprint density at radius 1 is 1.34 bits per heavy atom. The Hall–Kier alpha value is -3.33. The van der Waals surface area contributed by atoms with Crippen molar-refractivity contribution in [3.05, 3.63) is 57.0 Å². The van der Waals surface area contributed by atoms with Crippen LogP contribution >= 0.6 is 11.6 Å². The van der Waals surface area contributed by atoms with E-state index in [1.165, 1.54) is 16.5 Å². The Morgan fingerprint density at radius 3 is 2.90 bits per heavy atom. The van der Waals surface area contributed by atoms with Gasteiger partial charge in [0.25, 0.3) is 5.56 Å². The molecule has 0 radical (unpaired) electrons. The lowest BCUT2D eigenvalue weighted by atomic mass is 10.1. The predicted octanol–water partition coefficient (Wildman–Crippen LogP) is 1.58. The van der Waals surface area contributed by atoms with Gasteiger partial charge in [0.05, 0.1) is 30.6 Å². The fourth-order valence-electron chi connectivity index (χ4n) is 3.30. The molecule has 0 atom stereocenters. The van der Waals surface area contributed by atoms with Gasteiger partial charge in [-0.05, 0) is 6.07 Å². The number of carbonyl (C=O) groups is 2. The fraction of sp³-hybridized carbons (Fsp3) is 0.263. The van der Waals surface area contributed by atoms with Crippen LogP contribution in [0.1, 0.15) is 11.3 Å². The quantitative estimate of drug-likeness (QED) is 0.631. The molecule has 0 spiro atoms. The van der Waals surface area contributed by atoms with Crippen LogP contribution in [0.5, 0.6) is 0 Å². The second-order valence-corrected chi connectivity index (χ2v) is 7.00. The number of hydrogen-bond acceptors (Lipinski definition) is 5. The van der Waals surface area contributed by atoms with Crippen molar-refractivity contribution < 1.29 is 14.3 Å². The molecule has 3 heterocycles. The molecule has 2 N–H and O–H groups in total. The van der Waals surface area contributed by atoms with E-state index < -0.39 is 12.0 Å². The number of H-pyrrole nitrogens is 1. The lowest BCUT2D eigenvalue weighted by Crippen LogP contribution is -2.46. The Balaban J connectivity index is 1.64. The summed E-state index contributed by atoms with van der Waals surface area (Å²) in [5.74, 6) is -0.544. The Kier molecular flexibility index (Phi) is 4.98. The van der Waals surface area contributed by atoms with Gasteiger partial charge in [0.15, 0.2) is 5.65 Å². The zero-order valence-electron chi connectivity index (χ0n) is 15.6. The van der Waals surface area contributed by atoms with Crippen LogP contribution in [-0.2, 0) is 22.5 Å². The number of methoxy groups -OCH3 is 1. The number of urea groups is 1. The molecule has 0 fully saturated rings. The molecular weight excluding hydrogens is 398 g/mol. The minimum atomic E-state index is -0.544. The van der Waals surface area contributed by atoms with Crippen molar-refractivity contribution in [1.82, 2.24) is 24.8 Å². The number of rotatable bonds is 3. The van der Waals surface area contributed by atoms with Crippen LogP contribution in [-0.4, -0.2) is 51.7 Å². The van der Waals surface area contributed by atoms with Crippen LogP contribution in [0, 0.1) is 0 Å². The Labute approximate surface area is 170 Å². The SMILES string of the molecule is COC(=O)CNC(=O)N1CCc2nc3cc(-c4ccccc4Cl)[nH]n3c(=O)c2C1. The number of ether oxygens (including phenoxy) is 1. The van der Waals surface area contributed by atoms with E-state index in [2.05, 4.69) is 20.1 Å². The molecule has 0 saturated carbocycles. The first kappa shape index (κ1) is 19.0. The second kappa shape index (κ2) is 7.59. The van der Waals surface area contributed by atoms with Crippen molar-refractivity contribution in [1.29, 1.82) is 0 Å². The van der Waals surface area contributed by atoms with E-state index in [1.807, 2.05) is 18.2 Å². The van der Waals surface area contributed by atoms with Crippen molar-refractivity contribution in [2.24, 2.45) is 0 Å². The summed E-state index contributed by atoms with van der Waals surface area (Å²) in [7, 11) is 1.25. The van der Waals surface area contributed by atoms with Crippen LogP contribution in [0.15, 0.2) is 35.1 Å². The standard InChI is InChI=1S/C19H18ClN5O4/c1-29-17(26)9-21-19(28)24-7-6-14-12(10-24)18(27)25-16(22-14)8-15(23-25)11-4-2-3-5-13(11)20/h2-5,8,23H,6-7,9-10H2,1H3,(H,21,28). The minimum Gasteiger partial charge on any atom is -0.468 e. The highest BCUT2D eigenvalue weighted by Crippen LogP contribution is 2.27. The van der Waals surface area contributed by atoms with Gasteiger partial charge in [-0.2, -0.15) is 0 Å². The van der Waals surface area contributed by atoms with Gasteiger partial charge in [-0.15, -0.1) is 0 Å². The fourth-order valence-corrected chi connectivity index (χ4v) is 3.54. The maximum Gasteiger partial charge on any atom is 0.325 e. The molecule has 2 aromatic heterocycles. The van der Waals surface area contributed by atoms with E-state index in [1.54, 1.807) is 12.1 Å². The van der Waals surface area contributed by atoms with Crippen LogP contribution in [0.3, 0.4) is 0 Å². The molecular formula is C19H18ClN5O4. The third kappa shape index (κ3) is 3.56. The number of nitrogens with one attached hydrogen (secondary N) is 2. The summed E-state index contributed by atoms with van der Waals surface area (Å²) in [4.78, 5) is 42.6. The maximum absolute atomic E-state index is 13.0. The largest absolute Gasteiger partial charge is 0.468 e. The summed E-state index contributed by atoms with van der Waals surface area (Å²) in [5.41, 5.74) is 2.77. The molecule has 0 bridgehead atoms. The topological polar surface area (TPSA) is 109 Å². The lowest BCUT2D eigenvalue weighted by Gasteiger charge is -2.27. The summed E-state index contributed by atoms with van der Waals surface area (Å²) in [6, 6.07) is 8.66. The summed E-state index contributed by atoms with van der Waals surface area (Å²) in [6.07, 6.45) is 0.444. The highest BCUT2D eigenvalue weighted by Gasteiger charge is 2.26. The highest BCUT2D eigenvalue weighted by molar-refractivity contribution is 6.33. The van der Waals surface area contributed by atoms with Gasteiger partial charge < -0.3 is 15.0 Å². The number of halogens is 1. The van der Waals surface area contributed by atoms with Crippen molar-refractivity contribution >= 4 is 29.2 Å². The smallest absolute Gasteiger partial charge is 0.325 e. The molecule has 0 saturated heterocycles. The molecule has 2 amide bonds. The molecule has 1 aliphatic heterocycles. The number of esters is 1. The molecule has 0 aliphatic carbocycles. The molecule has 10 heteroatoms. The number of nitrogens with zero attached hydrogens (tertiary/aromatic N) is 3. The van der Waals surface area contributed by atoms with Gasteiger partial charge in [0, 0.05) is 29.6 Å². The molecule has 150 valence electrons. The van der Waals surface area contributed by atoms with E-state index in [4.69, 9.17) is 11.6 Å². The maximum atomic E-state index is 13.0. The average molecular weight is 416 g/mol. The van der Waals surface area contributed by atoms with E-state index in [9.17, 15) is 14.4 Å². The third-order valence-corrected chi connectivity index (χ3v) is 5.15.